The van der Waals surface area contributed by atoms with Crippen LogP contribution >= 0.6 is 15.9 Å². The Labute approximate surface area is 143 Å². The molecule has 8 heteroatoms. The van der Waals surface area contributed by atoms with E-state index in [1.54, 1.807) is 16.5 Å². The predicted molar refractivity (Wildman–Crippen MR) is 85.3 cm³/mol. The lowest BCUT2D eigenvalue weighted by Crippen LogP contribution is -2.43. The molecule has 0 spiro atoms. The lowest BCUT2D eigenvalue weighted by molar-refractivity contribution is -0.149. The number of esters is 1. The zero-order chi connectivity index (χ0) is 16.4. The number of carbonyl (C=O) groups excluding carboxylic acids is 2. The predicted octanol–water partition coefficient (Wildman–Crippen LogP) is 1.84. The van der Waals surface area contributed by atoms with Gasteiger partial charge in [0.05, 0.1) is 19.1 Å². The van der Waals surface area contributed by atoms with Crippen molar-refractivity contribution in [2.75, 3.05) is 26.3 Å². The number of hydrogen-bond donors (Lipinski definition) is 0. The molecule has 7 nitrogen and oxygen atoms in total. The number of aromatic nitrogens is 2. The Balaban J connectivity index is 1.75. The summed E-state index contributed by atoms with van der Waals surface area (Å²) < 4.78 is 13.0. The number of likely N-dealkylation sites (tertiary alicyclic amines) is 1. The van der Waals surface area contributed by atoms with Crippen LogP contribution in [0.15, 0.2) is 4.47 Å². The fourth-order valence-corrected chi connectivity index (χ4v) is 3.57. The molecular weight excluding hydrogens is 366 g/mol. The van der Waals surface area contributed by atoms with E-state index < -0.39 is 0 Å². The quantitative estimate of drug-likeness (QED) is 0.742. The van der Waals surface area contributed by atoms with E-state index in [4.69, 9.17) is 9.47 Å². The second-order valence-corrected chi connectivity index (χ2v) is 6.53. The first kappa shape index (κ1) is 16.3. The molecule has 0 bridgehead atoms. The fourth-order valence-electron chi connectivity index (χ4n) is 3.00. The molecule has 0 aliphatic carbocycles. The minimum atomic E-state index is -0.250. The van der Waals surface area contributed by atoms with Gasteiger partial charge in [-0.05, 0) is 35.7 Å². The van der Waals surface area contributed by atoms with Gasteiger partial charge in [0.2, 0.25) is 5.88 Å². The van der Waals surface area contributed by atoms with Crippen molar-refractivity contribution in [2.24, 2.45) is 5.92 Å². The Bertz CT molecular complexity index is 616. The number of halogens is 1. The standard InChI is InChI=1S/C15H20BrN3O4/c1-2-22-15(21)10-5-3-6-18(9-10)13(20)12-11(16)14-19(17-12)7-4-8-23-14/h10H,2-9H2,1H3. The van der Waals surface area contributed by atoms with Crippen molar-refractivity contribution in [1.82, 2.24) is 14.7 Å². The molecule has 1 saturated heterocycles. The third-order valence-electron chi connectivity index (χ3n) is 4.13. The van der Waals surface area contributed by atoms with E-state index in [1.807, 2.05) is 0 Å². The third-order valence-corrected chi connectivity index (χ3v) is 4.85. The molecule has 2 aliphatic heterocycles. The first-order valence-corrected chi connectivity index (χ1v) is 8.76. The van der Waals surface area contributed by atoms with Gasteiger partial charge < -0.3 is 14.4 Å². The van der Waals surface area contributed by atoms with Crippen molar-refractivity contribution >= 4 is 27.8 Å². The van der Waals surface area contributed by atoms with E-state index in [0.29, 0.717) is 42.3 Å². The van der Waals surface area contributed by atoms with Gasteiger partial charge >= 0.3 is 5.97 Å². The molecule has 3 rings (SSSR count). The van der Waals surface area contributed by atoms with Crippen LogP contribution < -0.4 is 4.74 Å². The van der Waals surface area contributed by atoms with Gasteiger partial charge in [-0.2, -0.15) is 5.10 Å². The first-order chi connectivity index (χ1) is 11.1. The largest absolute Gasteiger partial charge is 0.477 e. The zero-order valence-electron chi connectivity index (χ0n) is 13.1. The minimum Gasteiger partial charge on any atom is -0.477 e. The van der Waals surface area contributed by atoms with E-state index in [-0.39, 0.29) is 17.8 Å². The van der Waals surface area contributed by atoms with Crippen LogP contribution in [0.3, 0.4) is 0 Å². The van der Waals surface area contributed by atoms with Gasteiger partial charge in [-0.3, -0.25) is 9.59 Å². The number of piperidine rings is 1. The lowest BCUT2D eigenvalue weighted by Gasteiger charge is -2.31. The Hall–Kier alpha value is -1.57. The van der Waals surface area contributed by atoms with Crippen molar-refractivity contribution in [2.45, 2.75) is 32.7 Å². The summed E-state index contributed by atoms with van der Waals surface area (Å²) in [6, 6.07) is 0. The van der Waals surface area contributed by atoms with Gasteiger partial charge in [-0.25, -0.2) is 4.68 Å². The molecule has 1 aromatic heterocycles. The lowest BCUT2D eigenvalue weighted by atomic mass is 9.98. The molecule has 1 amide bonds. The molecule has 1 aromatic rings. The summed E-state index contributed by atoms with van der Waals surface area (Å²) in [5.41, 5.74) is 0.353. The molecule has 0 N–H and O–H groups in total. The smallest absolute Gasteiger partial charge is 0.310 e. The van der Waals surface area contributed by atoms with E-state index in [0.717, 1.165) is 25.8 Å². The first-order valence-electron chi connectivity index (χ1n) is 7.96. The van der Waals surface area contributed by atoms with Crippen molar-refractivity contribution in [3.05, 3.63) is 10.2 Å². The second kappa shape index (κ2) is 6.90. The summed E-state index contributed by atoms with van der Waals surface area (Å²) in [5, 5.41) is 4.37. The Morgan fingerprint density at radius 3 is 2.96 bits per heavy atom. The number of carbonyl (C=O) groups is 2. The van der Waals surface area contributed by atoms with E-state index >= 15 is 0 Å². The summed E-state index contributed by atoms with van der Waals surface area (Å²) in [5.74, 6) is -0.0358. The summed E-state index contributed by atoms with van der Waals surface area (Å²) in [6.45, 7) is 4.53. The average Bonchev–Trinajstić information content (AvgIpc) is 2.92. The van der Waals surface area contributed by atoms with Crippen LogP contribution in [0, 0.1) is 5.92 Å². The molecule has 0 radical (unpaired) electrons. The van der Waals surface area contributed by atoms with Crippen molar-refractivity contribution in [3.8, 4) is 5.88 Å². The highest BCUT2D eigenvalue weighted by Gasteiger charge is 2.33. The molecule has 1 atom stereocenters. The SMILES string of the molecule is CCOC(=O)C1CCCN(C(=O)c2nn3c(c2Br)OCCC3)C1. The Morgan fingerprint density at radius 1 is 1.39 bits per heavy atom. The molecule has 0 aromatic carbocycles. The maximum Gasteiger partial charge on any atom is 0.310 e. The fraction of sp³-hybridized carbons (Fsp3) is 0.667. The number of nitrogens with zero attached hydrogens (tertiary/aromatic N) is 3. The number of aryl methyl sites for hydroxylation is 1. The number of amides is 1. The maximum atomic E-state index is 12.8. The minimum absolute atomic E-state index is 0.170. The normalized spacial score (nSPS) is 20.6. The van der Waals surface area contributed by atoms with Crippen LogP contribution in [0.1, 0.15) is 36.7 Å². The van der Waals surface area contributed by atoms with E-state index in [2.05, 4.69) is 21.0 Å². The van der Waals surface area contributed by atoms with E-state index in [1.165, 1.54) is 0 Å². The highest BCUT2D eigenvalue weighted by Crippen LogP contribution is 2.32. The number of fused-ring (bicyclic) bond motifs is 1. The molecule has 23 heavy (non-hydrogen) atoms. The van der Waals surface area contributed by atoms with Gasteiger partial charge in [0.15, 0.2) is 5.69 Å². The van der Waals surface area contributed by atoms with Crippen LogP contribution in [0.4, 0.5) is 0 Å². The number of hydrogen-bond acceptors (Lipinski definition) is 5. The molecule has 1 fully saturated rings. The van der Waals surface area contributed by atoms with Gasteiger partial charge in [-0.1, -0.05) is 0 Å². The summed E-state index contributed by atoms with van der Waals surface area (Å²) in [4.78, 5) is 26.4. The third kappa shape index (κ3) is 3.22. The molecule has 3 heterocycles. The Kier molecular flexibility index (Phi) is 4.89. The van der Waals surface area contributed by atoms with Crippen molar-refractivity contribution < 1.29 is 19.1 Å². The van der Waals surface area contributed by atoms with Gasteiger partial charge in [0.25, 0.3) is 5.91 Å². The molecule has 0 saturated carbocycles. The Morgan fingerprint density at radius 2 is 2.22 bits per heavy atom. The number of ether oxygens (including phenoxy) is 2. The van der Waals surface area contributed by atoms with Crippen molar-refractivity contribution in [3.63, 3.8) is 0 Å². The highest BCUT2D eigenvalue weighted by atomic mass is 79.9. The van der Waals surface area contributed by atoms with Gasteiger partial charge in [-0.15, -0.1) is 0 Å². The van der Waals surface area contributed by atoms with E-state index in [9.17, 15) is 9.59 Å². The van der Waals surface area contributed by atoms with Crippen LogP contribution in [0.2, 0.25) is 0 Å². The van der Waals surface area contributed by atoms with Gasteiger partial charge in [0.1, 0.15) is 4.47 Å². The molecule has 2 aliphatic rings. The second-order valence-electron chi connectivity index (χ2n) is 5.74. The average molecular weight is 386 g/mol. The zero-order valence-corrected chi connectivity index (χ0v) is 14.7. The van der Waals surface area contributed by atoms with Crippen LogP contribution in [0.5, 0.6) is 5.88 Å². The van der Waals surface area contributed by atoms with Crippen molar-refractivity contribution in [1.29, 1.82) is 0 Å². The summed E-state index contributed by atoms with van der Waals surface area (Å²) in [7, 11) is 0. The van der Waals surface area contributed by atoms with Gasteiger partial charge in [0, 0.05) is 26.1 Å². The summed E-state index contributed by atoms with van der Waals surface area (Å²) >= 11 is 3.43. The molecule has 1 unspecified atom stereocenters. The molecular formula is C15H20BrN3O4. The number of rotatable bonds is 3. The van der Waals surface area contributed by atoms with Crippen LogP contribution in [-0.4, -0.2) is 52.9 Å². The molecule has 126 valence electrons. The highest BCUT2D eigenvalue weighted by molar-refractivity contribution is 9.10. The monoisotopic (exact) mass is 385 g/mol. The summed E-state index contributed by atoms with van der Waals surface area (Å²) in [6.07, 6.45) is 2.42. The van der Waals surface area contributed by atoms with Crippen LogP contribution in [-0.2, 0) is 16.1 Å². The maximum absolute atomic E-state index is 12.8. The van der Waals surface area contributed by atoms with Crippen LogP contribution in [0.25, 0.3) is 0 Å². The topological polar surface area (TPSA) is 73.7 Å².